The summed E-state index contributed by atoms with van der Waals surface area (Å²) in [6.45, 7) is 3.45. The van der Waals surface area contributed by atoms with Crippen molar-refractivity contribution >= 4 is 17.4 Å². The number of nitrogens with two attached hydrogens (primary N) is 1. The second-order valence-electron chi connectivity index (χ2n) is 5.09. The van der Waals surface area contributed by atoms with Crippen LogP contribution in [0.15, 0.2) is 30.3 Å². The largest absolute Gasteiger partial charge is 0.476 e. The molecule has 2 heterocycles. The molecule has 0 aliphatic heterocycles. The summed E-state index contributed by atoms with van der Waals surface area (Å²) in [4.78, 5) is 15.5. The number of hydrogen-bond donors (Lipinski definition) is 2. The molecule has 3 N–H and O–H groups in total. The van der Waals surface area contributed by atoms with E-state index in [1.807, 2.05) is 0 Å². The molecule has 0 fully saturated rings. The number of halogens is 1. The number of anilines is 1. The van der Waals surface area contributed by atoms with Crippen LogP contribution in [0.25, 0.3) is 16.8 Å². The molecule has 6 heteroatoms. The van der Waals surface area contributed by atoms with Gasteiger partial charge < -0.3 is 10.8 Å². The summed E-state index contributed by atoms with van der Waals surface area (Å²) in [5.74, 6) is -1.49. The lowest BCUT2D eigenvalue weighted by molar-refractivity contribution is 0.0690. The van der Waals surface area contributed by atoms with Gasteiger partial charge in [0.25, 0.3) is 0 Å². The molecular formula is C16H14FN3O2. The molecule has 0 unspecified atom stereocenters. The van der Waals surface area contributed by atoms with Crippen molar-refractivity contribution in [3.63, 3.8) is 0 Å². The van der Waals surface area contributed by atoms with Crippen molar-refractivity contribution in [3.8, 4) is 11.1 Å². The standard InChI is InChI=1S/C16H14FN3O2/c1-8-10(4-3-5-12(8)17)11-6-7-13-19-15(18)14(16(21)22)20(13)9(11)2/h3-7H,18H2,1-2H3,(H,21,22). The third-order valence-electron chi connectivity index (χ3n) is 3.82. The van der Waals surface area contributed by atoms with Gasteiger partial charge in [0.15, 0.2) is 11.5 Å². The zero-order valence-electron chi connectivity index (χ0n) is 12.1. The van der Waals surface area contributed by atoms with Crippen LogP contribution in [0.3, 0.4) is 0 Å². The fourth-order valence-electron chi connectivity index (χ4n) is 2.69. The van der Waals surface area contributed by atoms with Crippen LogP contribution in [-0.2, 0) is 0 Å². The topological polar surface area (TPSA) is 80.6 Å². The summed E-state index contributed by atoms with van der Waals surface area (Å²) in [5, 5.41) is 9.34. The van der Waals surface area contributed by atoms with E-state index in [1.165, 1.54) is 10.5 Å². The number of carboxylic acid groups (broad SMARTS) is 1. The molecule has 0 atom stereocenters. The minimum absolute atomic E-state index is 0.0382. The van der Waals surface area contributed by atoms with Gasteiger partial charge in [-0.15, -0.1) is 0 Å². The Morgan fingerprint density at radius 1 is 1.23 bits per heavy atom. The minimum atomic E-state index is -1.15. The van der Waals surface area contributed by atoms with Gasteiger partial charge in [0.2, 0.25) is 0 Å². The molecule has 1 aromatic carbocycles. The van der Waals surface area contributed by atoms with Crippen LogP contribution in [0.2, 0.25) is 0 Å². The number of hydrogen-bond acceptors (Lipinski definition) is 3. The number of carbonyl (C=O) groups is 1. The molecule has 0 aliphatic carbocycles. The van der Waals surface area contributed by atoms with Gasteiger partial charge in [-0.05, 0) is 43.2 Å². The number of aromatic nitrogens is 2. The first-order chi connectivity index (χ1) is 10.4. The zero-order chi connectivity index (χ0) is 16.0. The highest BCUT2D eigenvalue weighted by molar-refractivity contribution is 5.93. The molecule has 5 nitrogen and oxygen atoms in total. The molecule has 3 aromatic rings. The minimum Gasteiger partial charge on any atom is -0.476 e. The smallest absolute Gasteiger partial charge is 0.356 e. The SMILES string of the molecule is Cc1c(F)cccc1-c1ccc2nc(N)c(C(=O)O)n2c1C. The molecule has 22 heavy (non-hydrogen) atoms. The van der Waals surface area contributed by atoms with E-state index in [0.29, 0.717) is 22.5 Å². The highest BCUT2D eigenvalue weighted by Crippen LogP contribution is 2.30. The number of rotatable bonds is 2. The first-order valence-electron chi connectivity index (χ1n) is 6.68. The second-order valence-corrected chi connectivity index (χ2v) is 5.09. The average molecular weight is 299 g/mol. The van der Waals surface area contributed by atoms with Crippen LogP contribution in [0.4, 0.5) is 10.2 Å². The van der Waals surface area contributed by atoms with E-state index in [9.17, 15) is 14.3 Å². The van der Waals surface area contributed by atoms with Crippen molar-refractivity contribution in [1.29, 1.82) is 0 Å². The number of nitrogens with zero attached hydrogens (tertiary/aromatic N) is 2. The van der Waals surface area contributed by atoms with E-state index < -0.39 is 5.97 Å². The van der Waals surface area contributed by atoms with Crippen molar-refractivity contribution in [2.24, 2.45) is 0 Å². The van der Waals surface area contributed by atoms with Gasteiger partial charge >= 0.3 is 5.97 Å². The van der Waals surface area contributed by atoms with Crippen LogP contribution in [0.1, 0.15) is 21.7 Å². The van der Waals surface area contributed by atoms with E-state index in [0.717, 1.165) is 5.56 Å². The number of imidazole rings is 1. The first kappa shape index (κ1) is 14.1. The number of carboxylic acids is 1. The van der Waals surface area contributed by atoms with E-state index in [2.05, 4.69) is 4.98 Å². The molecule has 0 aliphatic rings. The normalized spacial score (nSPS) is 11.0. The van der Waals surface area contributed by atoms with E-state index >= 15 is 0 Å². The number of benzene rings is 1. The van der Waals surface area contributed by atoms with Gasteiger partial charge in [-0.25, -0.2) is 14.2 Å². The summed E-state index contributed by atoms with van der Waals surface area (Å²) >= 11 is 0. The lowest BCUT2D eigenvalue weighted by Crippen LogP contribution is -2.08. The first-order valence-corrected chi connectivity index (χ1v) is 6.68. The van der Waals surface area contributed by atoms with Gasteiger partial charge in [0, 0.05) is 11.3 Å². The third kappa shape index (κ3) is 1.92. The van der Waals surface area contributed by atoms with Gasteiger partial charge in [-0.2, -0.15) is 0 Å². The molecule has 0 saturated heterocycles. The Bertz CT molecular complexity index is 915. The highest BCUT2D eigenvalue weighted by Gasteiger charge is 2.20. The van der Waals surface area contributed by atoms with Crippen molar-refractivity contribution in [2.45, 2.75) is 13.8 Å². The van der Waals surface area contributed by atoms with Crippen molar-refractivity contribution < 1.29 is 14.3 Å². The van der Waals surface area contributed by atoms with Crippen molar-refractivity contribution in [1.82, 2.24) is 9.38 Å². The summed E-state index contributed by atoms with van der Waals surface area (Å²) < 4.78 is 15.3. The van der Waals surface area contributed by atoms with Gasteiger partial charge in [0.1, 0.15) is 11.5 Å². The second kappa shape index (κ2) is 4.84. The number of aryl methyl sites for hydroxylation is 1. The van der Waals surface area contributed by atoms with Crippen molar-refractivity contribution in [2.75, 3.05) is 5.73 Å². The van der Waals surface area contributed by atoms with Crippen LogP contribution in [-0.4, -0.2) is 20.5 Å². The maximum absolute atomic E-state index is 13.8. The quantitative estimate of drug-likeness (QED) is 0.762. The molecule has 112 valence electrons. The van der Waals surface area contributed by atoms with Gasteiger partial charge in [-0.3, -0.25) is 4.40 Å². The van der Waals surface area contributed by atoms with Crippen LogP contribution in [0.5, 0.6) is 0 Å². The zero-order valence-corrected chi connectivity index (χ0v) is 12.1. The fourth-order valence-corrected chi connectivity index (χ4v) is 2.69. The summed E-state index contributed by atoms with van der Waals surface area (Å²) in [7, 11) is 0. The number of fused-ring (bicyclic) bond motifs is 1. The Balaban J connectivity index is 2.38. The Morgan fingerprint density at radius 3 is 2.64 bits per heavy atom. The molecular weight excluding hydrogens is 285 g/mol. The predicted molar refractivity (Wildman–Crippen MR) is 81.4 cm³/mol. The Labute approximate surface area is 125 Å². The van der Waals surface area contributed by atoms with Crippen LogP contribution < -0.4 is 5.73 Å². The monoisotopic (exact) mass is 299 g/mol. The maximum Gasteiger partial charge on any atom is 0.356 e. The molecule has 0 bridgehead atoms. The summed E-state index contributed by atoms with van der Waals surface area (Å²) in [6, 6.07) is 8.29. The number of pyridine rings is 1. The van der Waals surface area contributed by atoms with E-state index in [1.54, 1.807) is 38.1 Å². The molecule has 0 amide bonds. The van der Waals surface area contributed by atoms with Crippen molar-refractivity contribution in [3.05, 3.63) is 53.1 Å². The lowest BCUT2D eigenvalue weighted by Gasteiger charge is -2.12. The van der Waals surface area contributed by atoms with E-state index in [-0.39, 0.29) is 17.3 Å². The average Bonchev–Trinajstić information content (AvgIpc) is 2.80. The van der Waals surface area contributed by atoms with Gasteiger partial charge in [-0.1, -0.05) is 12.1 Å². The Hall–Kier alpha value is -2.89. The van der Waals surface area contributed by atoms with Crippen LogP contribution >= 0.6 is 0 Å². The molecule has 0 saturated carbocycles. The maximum atomic E-state index is 13.8. The number of aromatic carboxylic acids is 1. The predicted octanol–water partition coefficient (Wildman–Crippen LogP) is 3.04. The Morgan fingerprint density at radius 2 is 1.95 bits per heavy atom. The number of nitrogen functional groups attached to an aromatic ring is 1. The molecule has 3 rings (SSSR count). The lowest BCUT2D eigenvalue weighted by atomic mass is 9.99. The molecule has 2 aromatic heterocycles. The third-order valence-corrected chi connectivity index (χ3v) is 3.82. The Kier molecular flexibility index (Phi) is 3.09. The molecule has 0 spiro atoms. The highest BCUT2D eigenvalue weighted by atomic mass is 19.1. The van der Waals surface area contributed by atoms with Crippen LogP contribution in [0, 0.1) is 19.7 Å². The summed E-state index contributed by atoms with van der Waals surface area (Å²) in [5.41, 5.74) is 8.67. The van der Waals surface area contributed by atoms with Gasteiger partial charge in [0.05, 0.1) is 0 Å². The molecule has 0 radical (unpaired) electrons. The summed E-state index contributed by atoms with van der Waals surface area (Å²) in [6.07, 6.45) is 0. The fraction of sp³-hybridized carbons (Fsp3) is 0.125. The van der Waals surface area contributed by atoms with E-state index in [4.69, 9.17) is 5.73 Å².